The Balaban J connectivity index is 1.58. The Kier molecular flexibility index (Phi) is 37.9. The fraction of sp³-hybridized carbons (Fsp3) is 0.907. The number of hydrogen-bond acceptors (Lipinski definition) is 27. The third-order valence-electron chi connectivity index (χ3n) is 14.8. The van der Waals surface area contributed by atoms with Crippen molar-refractivity contribution < 1.29 is 136 Å². The predicted octanol–water partition coefficient (Wildman–Crippen LogP) is -1.96. The molecule has 12 N–H and O–H groups in total. The van der Waals surface area contributed by atoms with Crippen LogP contribution in [0.4, 0.5) is 0 Å². The third-order valence-corrected chi connectivity index (χ3v) is 15.8. The Morgan fingerprint density at radius 3 is 1.46 bits per heavy atom. The Bertz CT molecular complexity index is 1940. The maximum absolute atomic E-state index is 14.2. The molecule has 2 amide bonds. The Morgan fingerprint density at radius 1 is 0.529 bits per heavy atom. The minimum atomic E-state index is -4.08. The molecule has 3 fully saturated rings. The van der Waals surface area contributed by atoms with Crippen LogP contribution in [0.3, 0.4) is 0 Å². The highest BCUT2D eigenvalue weighted by Crippen LogP contribution is 2.42. The summed E-state index contributed by atoms with van der Waals surface area (Å²) in [6.45, 7) is 2.03. The molecule has 0 bridgehead atoms. The van der Waals surface area contributed by atoms with Crippen LogP contribution >= 0.6 is 7.82 Å². The van der Waals surface area contributed by atoms with Gasteiger partial charge in [0.2, 0.25) is 11.8 Å². The van der Waals surface area contributed by atoms with Crippen LogP contribution < -0.4 is 10.6 Å². The molecular weight excluding hydrogens is 1160 g/mol. The van der Waals surface area contributed by atoms with Gasteiger partial charge in [0, 0.05) is 50.2 Å². The SMILES string of the molecule is COP(=O)(O)OCCCCCCCOC(=O)C(CCCCCC(=O)COCCOC1OC(CO)C(O)C(O)C1C)NC(=O)C(CCCNC(=O)COCCOC1OC(CO)C(O)C(O)C1C)CC(=O)COCCOC1OC(CO)C(O)C(O)C1C. The second kappa shape index (κ2) is 42.2. The normalized spacial score (nSPS) is 29.4. The first-order valence-corrected chi connectivity index (χ1v) is 30.8. The van der Waals surface area contributed by atoms with Gasteiger partial charge < -0.3 is 109 Å². The standard InChI is InChI=1S/C54H97N2O28P/c1-33-44(63)47(66)40(27-57)82-52(33)78-23-20-74-30-37(60)15-9-8-10-16-39(51(70)77-18-11-6-5-7-12-19-81-85(71,72)73-4)56-50(69)36(26-38(61)31-75-21-24-79-53-34(2)45(64)48(67)41(28-58)83-53)14-13-17-55-43(62)32-76-22-25-80-54-35(3)46(65)49(68)42(29-59)84-54/h33-36,39-42,44-49,52-54,57-59,63-68H,5-32H2,1-4H3,(H,55,62)(H,56,69)(H,71,72). The lowest BCUT2D eigenvalue weighted by atomic mass is 9.92. The molecular formula is C54H97N2O28P. The van der Waals surface area contributed by atoms with Crippen molar-refractivity contribution in [3.8, 4) is 0 Å². The summed E-state index contributed by atoms with van der Waals surface area (Å²) >= 11 is 0. The van der Waals surface area contributed by atoms with Gasteiger partial charge in [0.25, 0.3) is 0 Å². The number of rotatable bonds is 46. The summed E-state index contributed by atoms with van der Waals surface area (Å²) in [4.78, 5) is 76.0. The van der Waals surface area contributed by atoms with E-state index in [4.69, 9.17) is 51.9 Å². The number of unbranched alkanes of at least 4 members (excludes halogenated alkanes) is 6. The highest BCUT2D eigenvalue weighted by atomic mass is 31.2. The van der Waals surface area contributed by atoms with E-state index in [-0.39, 0.29) is 111 Å². The molecule has 3 rings (SSSR count). The van der Waals surface area contributed by atoms with E-state index in [2.05, 4.69) is 15.2 Å². The first-order valence-electron chi connectivity index (χ1n) is 29.3. The molecule has 31 heteroatoms. The van der Waals surface area contributed by atoms with E-state index in [0.29, 0.717) is 51.4 Å². The first-order chi connectivity index (χ1) is 40.6. The average Bonchev–Trinajstić information content (AvgIpc) is 3.65. The molecule has 3 heterocycles. The second-order valence-corrected chi connectivity index (χ2v) is 23.1. The third kappa shape index (κ3) is 28.2. The lowest BCUT2D eigenvalue weighted by Gasteiger charge is -2.40. The van der Waals surface area contributed by atoms with Crippen LogP contribution in [-0.4, -0.2) is 266 Å². The van der Waals surface area contributed by atoms with Gasteiger partial charge in [-0.15, -0.1) is 0 Å². The zero-order valence-corrected chi connectivity index (χ0v) is 50.3. The maximum Gasteiger partial charge on any atom is 0.471 e. The van der Waals surface area contributed by atoms with Crippen molar-refractivity contribution in [2.45, 2.75) is 184 Å². The summed E-state index contributed by atoms with van der Waals surface area (Å²) in [5, 5.41) is 95.1. The smallest absolute Gasteiger partial charge is 0.464 e. The van der Waals surface area contributed by atoms with Gasteiger partial charge in [-0.3, -0.25) is 28.2 Å². The number of aliphatic hydroxyl groups is 9. The molecule has 496 valence electrons. The molecule has 0 saturated carbocycles. The van der Waals surface area contributed by atoms with Gasteiger partial charge in [-0.25, -0.2) is 9.36 Å². The lowest BCUT2D eigenvalue weighted by molar-refractivity contribution is -0.284. The zero-order chi connectivity index (χ0) is 62.9. The molecule has 0 aromatic rings. The van der Waals surface area contributed by atoms with Crippen LogP contribution in [0.2, 0.25) is 0 Å². The number of phosphoric ester groups is 1. The zero-order valence-electron chi connectivity index (χ0n) is 49.4. The van der Waals surface area contributed by atoms with Crippen LogP contribution in [0.1, 0.15) is 104 Å². The summed E-state index contributed by atoms with van der Waals surface area (Å²) in [5.74, 6) is -5.45. The van der Waals surface area contributed by atoms with Gasteiger partial charge >= 0.3 is 13.8 Å². The van der Waals surface area contributed by atoms with E-state index in [9.17, 15) is 79.4 Å². The molecule has 3 aliphatic rings. The number of ether oxygens (including phenoxy) is 10. The summed E-state index contributed by atoms with van der Waals surface area (Å²) in [6.07, 6.45) is -9.06. The van der Waals surface area contributed by atoms with Gasteiger partial charge in [0.15, 0.2) is 30.4 Å². The summed E-state index contributed by atoms with van der Waals surface area (Å²) < 4.78 is 76.3. The summed E-state index contributed by atoms with van der Waals surface area (Å²) in [7, 11) is -3.01. The molecule has 0 aromatic heterocycles. The van der Waals surface area contributed by atoms with Gasteiger partial charge in [-0.05, 0) is 38.5 Å². The minimum absolute atomic E-state index is 0.00735. The monoisotopic (exact) mass is 1250 g/mol. The number of esters is 1. The van der Waals surface area contributed by atoms with E-state index < -0.39 is 161 Å². The maximum atomic E-state index is 14.2. The van der Waals surface area contributed by atoms with E-state index >= 15 is 0 Å². The highest BCUT2D eigenvalue weighted by Gasteiger charge is 2.45. The fourth-order valence-electron chi connectivity index (χ4n) is 9.42. The number of carbonyl (C=O) groups is 5. The lowest BCUT2D eigenvalue weighted by Crippen LogP contribution is -2.55. The molecule has 0 radical (unpaired) electrons. The van der Waals surface area contributed by atoms with Crippen LogP contribution in [0.15, 0.2) is 0 Å². The number of ketones is 2. The van der Waals surface area contributed by atoms with E-state index in [1.165, 1.54) is 0 Å². The number of phosphoric acid groups is 1. The van der Waals surface area contributed by atoms with Crippen LogP contribution in [0.5, 0.6) is 0 Å². The van der Waals surface area contributed by atoms with Gasteiger partial charge in [-0.1, -0.05) is 52.9 Å². The largest absolute Gasteiger partial charge is 0.471 e. The quantitative estimate of drug-likeness (QED) is 0.0179. The molecule has 0 spiro atoms. The van der Waals surface area contributed by atoms with Crippen molar-refractivity contribution in [3.63, 3.8) is 0 Å². The molecule has 18 atom stereocenters. The average molecular weight is 1250 g/mol. The fourth-order valence-corrected chi connectivity index (χ4v) is 9.89. The molecule has 0 aliphatic carbocycles. The number of amides is 2. The van der Waals surface area contributed by atoms with Gasteiger partial charge in [-0.2, -0.15) is 0 Å². The number of nitrogens with one attached hydrogen (secondary N) is 2. The highest BCUT2D eigenvalue weighted by molar-refractivity contribution is 7.47. The molecule has 3 aliphatic heterocycles. The van der Waals surface area contributed by atoms with E-state index in [1.807, 2.05) is 0 Å². The molecule has 30 nitrogen and oxygen atoms in total. The number of hydrogen-bond donors (Lipinski definition) is 12. The number of aliphatic hydroxyl groups excluding tert-OH is 9. The van der Waals surface area contributed by atoms with Crippen LogP contribution in [-0.2, 0) is 85.0 Å². The predicted molar refractivity (Wildman–Crippen MR) is 293 cm³/mol. The Labute approximate surface area is 496 Å². The van der Waals surface area contributed by atoms with Crippen molar-refractivity contribution in [2.24, 2.45) is 23.7 Å². The van der Waals surface area contributed by atoms with Crippen molar-refractivity contribution in [1.82, 2.24) is 10.6 Å². The summed E-state index contributed by atoms with van der Waals surface area (Å²) in [5.41, 5.74) is 0. The Hall–Kier alpha value is -2.86. The van der Waals surface area contributed by atoms with Crippen LogP contribution in [0.25, 0.3) is 0 Å². The van der Waals surface area contributed by atoms with Gasteiger partial charge in [0.1, 0.15) is 62.5 Å². The van der Waals surface area contributed by atoms with Crippen molar-refractivity contribution in [2.75, 3.05) is 106 Å². The van der Waals surface area contributed by atoms with Crippen molar-refractivity contribution in [3.05, 3.63) is 0 Å². The number of carbonyl (C=O) groups excluding carboxylic acids is 5. The van der Waals surface area contributed by atoms with Gasteiger partial charge in [0.05, 0.1) is 91.0 Å². The van der Waals surface area contributed by atoms with E-state index in [0.717, 1.165) is 7.11 Å². The molecule has 18 unspecified atom stereocenters. The number of Topliss-reactive ketones (excluding diaryl/α,β-unsaturated/α-hetero) is 2. The van der Waals surface area contributed by atoms with Crippen molar-refractivity contribution in [1.29, 1.82) is 0 Å². The topological polar surface area (TPSA) is 440 Å². The van der Waals surface area contributed by atoms with Crippen LogP contribution in [0, 0.1) is 23.7 Å². The summed E-state index contributed by atoms with van der Waals surface area (Å²) in [6, 6.07) is -1.16. The van der Waals surface area contributed by atoms with Crippen molar-refractivity contribution >= 4 is 37.2 Å². The molecule has 85 heavy (non-hydrogen) atoms. The molecule has 3 saturated heterocycles. The minimum Gasteiger partial charge on any atom is -0.464 e. The first kappa shape index (κ1) is 76.4. The van der Waals surface area contributed by atoms with E-state index in [1.54, 1.807) is 20.8 Å². The molecule has 0 aromatic carbocycles. The Morgan fingerprint density at radius 2 is 0.976 bits per heavy atom. The second-order valence-electron chi connectivity index (χ2n) is 21.5.